The van der Waals surface area contributed by atoms with E-state index in [1.165, 1.54) is 5.56 Å². The van der Waals surface area contributed by atoms with Crippen molar-refractivity contribution in [3.05, 3.63) is 35.9 Å². The van der Waals surface area contributed by atoms with Crippen LogP contribution in [-0.2, 0) is 0 Å². The zero-order chi connectivity index (χ0) is 5.11. The minimum Gasteiger partial charge on any atom is -0.870 e. The Balaban J connectivity index is 0. The summed E-state index contributed by atoms with van der Waals surface area (Å²) in [6.45, 7) is 2.08. The first-order chi connectivity index (χ1) is 3.39. The van der Waals surface area contributed by atoms with E-state index in [1.807, 2.05) is 18.2 Å². The Hall–Kier alpha value is 0.180. The van der Waals surface area contributed by atoms with E-state index in [0.29, 0.717) is 0 Å². The van der Waals surface area contributed by atoms with Crippen molar-refractivity contribution in [2.24, 2.45) is 0 Å². The molecule has 0 aromatic heterocycles. The second kappa shape index (κ2) is 6.30. The maximum atomic E-state index is 2.08. The molecule has 0 radical (unpaired) electrons. The van der Waals surface area contributed by atoms with Gasteiger partial charge in [0.2, 0.25) is 0 Å². The van der Waals surface area contributed by atoms with Crippen LogP contribution in [0.4, 0.5) is 0 Å². The van der Waals surface area contributed by atoms with Gasteiger partial charge in [-0.05, 0) is 6.92 Å². The van der Waals surface area contributed by atoms with Crippen LogP contribution in [0.2, 0.25) is 0 Å². The summed E-state index contributed by atoms with van der Waals surface area (Å²) in [7, 11) is 0. The van der Waals surface area contributed by atoms with Crippen molar-refractivity contribution in [1.29, 1.82) is 0 Å². The molecule has 0 bridgehead atoms. The molecule has 1 N–H and O–H groups in total. The molecule has 0 spiro atoms. The summed E-state index contributed by atoms with van der Waals surface area (Å²) < 4.78 is 0. The predicted octanol–water partition coefficient (Wildman–Crippen LogP) is -1.18. The fraction of sp³-hybridized carbons (Fsp3) is 0.143. The SMILES string of the molecule is Cc1ccccc1.[Na+].[OH-]. The summed E-state index contributed by atoms with van der Waals surface area (Å²) in [6.07, 6.45) is 0. The first kappa shape index (κ1) is 11.9. The molecule has 1 aromatic carbocycles. The molecule has 0 aliphatic heterocycles. The molecule has 0 saturated heterocycles. The fourth-order valence-electron chi connectivity index (χ4n) is 0.534. The van der Waals surface area contributed by atoms with E-state index in [0.717, 1.165) is 0 Å². The number of hydrogen-bond acceptors (Lipinski definition) is 1. The van der Waals surface area contributed by atoms with Gasteiger partial charge in [0.05, 0.1) is 0 Å². The Morgan fingerprint density at radius 1 is 1.00 bits per heavy atom. The van der Waals surface area contributed by atoms with E-state index in [-0.39, 0.29) is 35.0 Å². The molecule has 0 unspecified atom stereocenters. The minimum atomic E-state index is 0. The maximum Gasteiger partial charge on any atom is 1.00 e. The Bertz CT molecular complexity index is 139. The molecule has 2 heteroatoms. The third-order valence-electron chi connectivity index (χ3n) is 0.940. The second-order valence-corrected chi connectivity index (χ2v) is 1.65. The third kappa shape index (κ3) is 4.67. The van der Waals surface area contributed by atoms with Gasteiger partial charge in [-0.1, -0.05) is 35.9 Å². The van der Waals surface area contributed by atoms with Crippen LogP contribution >= 0.6 is 0 Å². The molecule has 9 heavy (non-hydrogen) atoms. The summed E-state index contributed by atoms with van der Waals surface area (Å²) in [5.41, 5.74) is 1.32. The van der Waals surface area contributed by atoms with Gasteiger partial charge in [-0.25, -0.2) is 0 Å². The maximum absolute atomic E-state index is 2.08. The molecule has 0 amide bonds. The zero-order valence-corrected chi connectivity index (χ0v) is 7.83. The van der Waals surface area contributed by atoms with E-state index < -0.39 is 0 Å². The zero-order valence-electron chi connectivity index (χ0n) is 5.83. The van der Waals surface area contributed by atoms with Crippen molar-refractivity contribution in [3.8, 4) is 0 Å². The first-order valence-electron chi connectivity index (χ1n) is 2.41. The summed E-state index contributed by atoms with van der Waals surface area (Å²) >= 11 is 0. The van der Waals surface area contributed by atoms with Gasteiger partial charge in [0, 0.05) is 0 Å². The molecule has 0 saturated carbocycles. The van der Waals surface area contributed by atoms with Crippen molar-refractivity contribution in [1.82, 2.24) is 0 Å². The molecular weight excluding hydrogens is 123 g/mol. The summed E-state index contributed by atoms with van der Waals surface area (Å²) in [6, 6.07) is 10.3. The Labute approximate surface area is 77.7 Å². The van der Waals surface area contributed by atoms with Crippen LogP contribution < -0.4 is 29.6 Å². The number of rotatable bonds is 0. The van der Waals surface area contributed by atoms with E-state index in [4.69, 9.17) is 0 Å². The minimum absolute atomic E-state index is 0. The second-order valence-electron chi connectivity index (χ2n) is 1.65. The number of hydrogen-bond donors (Lipinski definition) is 0. The van der Waals surface area contributed by atoms with Crippen LogP contribution in [0.1, 0.15) is 5.56 Å². The van der Waals surface area contributed by atoms with Gasteiger partial charge in [-0.3, -0.25) is 0 Å². The van der Waals surface area contributed by atoms with Crippen LogP contribution in [0, 0.1) is 6.92 Å². The van der Waals surface area contributed by atoms with Crippen molar-refractivity contribution < 1.29 is 35.0 Å². The molecule has 1 rings (SSSR count). The van der Waals surface area contributed by atoms with Gasteiger partial charge in [-0.15, -0.1) is 0 Å². The molecule has 0 heterocycles. The van der Waals surface area contributed by atoms with Crippen molar-refractivity contribution in [2.75, 3.05) is 0 Å². The summed E-state index contributed by atoms with van der Waals surface area (Å²) in [5.74, 6) is 0. The average molecular weight is 132 g/mol. The van der Waals surface area contributed by atoms with Crippen molar-refractivity contribution in [2.45, 2.75) is 6.92 Å². The van der Waals surface area contributed by atoms with E-state index >= 15 is 0 Å². The standard InChI is InChI=1S/C7H8.Na.H2O/c1-7-5-3-2-4-6-7;;/h2-6H,1H3;;1H2/q;+1;/p-1. The van der Waals surface area contributed by atoms with Gasteiger partial charge in [-0.2, -0.15) is 0 Å². The van der Waals surface area contributed by atoms with Gasteiger partial charge < -0.3 is 5.48 Å². The van der Waals surface area contributed by atoms with Gasteiger partial charge in [0.25, 0.3) is 0 Å². The molecule has 0 atom stereocenters. The first-order valence-corrected chi connectivity index (χ1v) is 2.41. The van der Waals surface area contributed by atoms with Crippen LogP contribution in [0.5, 0.6) is 0 Å². The molecule has 0 fully saturated rings. The van der Waals surface area contributed by atoms with Gasteiger partial charge in [0.15, 0.2) is 0 Å². The normalized spacial score (nSPS) is 6.78. The molecule has 0 aliphatic rings. The summed E-state index contributed by atoms with van der Waals surface area (Å²) in [5, 5.41) is 0. The monoisotopic (exact) mass is 132 g/mol. The van der Waals surface area contributed by atoms with Crippen LogP contribution in [-0.4, -0.2) is 5.48 Å². The molecular formula is C7H9NaO. The number of aryl methyl sites for hydroxylation is 1. The van der Waals surface area contributed by atoms with Crippen molar-refractivity contribution in [3.63, 3.8) is 0 Å². The quantitative estimate of drug-likeness (QED) is 0.409. The van der Waals surface area contributed by atoms with E-state index in [1.54, 1.807) is 0 Å². The smallest absolute Gasteiger partial charge is 0.870 e. The Morgan fingerprint density at radius 3 is 1.67 bits per heavy atom. The third-order valence-corrected chi connectivity index (χ3v) is 0.940. The van der Waals surface area contributed by atoms with Crippen molar-refractivity contribution >= 4 is 0 Å². The van der Waals surface area contributed by atoms with Gasteiger partial charge >= 0.3 is 29.6 Å². The van der Waals surface area contributed by atoms with E-state index in [2.05, 4.69) is 19.1 Å². The molecule has 1 aromatic rings. The number of benzene rings is 1. The largest absolute Gasteiger partial charge is 1.00 e. The topological polar surface area (TPSA) is 30.0 Å². The van der Waals surface area contributed by atoms with E-state index in [9.17, 15) is 0 Å². The molecule has 0 aliphatic carbocycles. The Morgan fingerprint density at radius 2 is 1.44 bits per heavy atom. The van der Waals surface area contributed by atoms with Crippen LogP contribution in [0.15, 0.2) is 30.3 Å². The summed E-state index contributed by atoms with van der Waals surface area (Å²) in [4.78, 5) is 0. The predicted molar refractivity (Wildman–Crippen MR) is 33.1 cm³/mol. The van der Waals surface area contributed by atoms with Crippen LogP contribution in [0.25, 0.3) is 0 Å². The fourth-order valence-corrected chi connectivity index (χ4v) is 0.534. The molecule has 44 valence electrons. The Kier molecular flexibility index (Phi) is 8.34. The molecule has 1 nitrogen and oxygen atoms in total. The average Bonchev–Trinajstić information content (AvgIpc) is 1.69. The van der Waals surface area contributed by atoms with Crippen LogP contribution in [0.3, 0.4) is 0 Å². The van der Waals surface area contributed by atoms with Gasteiger partial charge in [0.1, 0.15) is 0 Å².